The van der Waals surface area contributed by atoms with E-state index in [1.54, 1.807) is 18.2 Å². The lowest BCUT2D eigenvalue weighted by molar-refractivity contribution is 0.172. The van der Waals surface area contributed by atoms with Gasteiger partial charge in [0.05, 0.1) is 5.69 Å². The van der Waals surface area contributed by atoms with E-state index in [1.807, 2.05) is 0 Å². The number of fused-ring (bicyclic) bond motifs is 1. The summed E-state index contributed by atoms with van der Waals surface area (Å²) < 4.78 is 34.4. The van der Waals surface area contributed by atoms with E-state index in [1.165, 1.54) is 0 Å². The fourth-order valence-corrected chi connectivity index (χ4v) is 3.08. The molecular weight excluding hydrogens is 270 g/mol. The molecule has 2 aromatic rings. The van der Waals surface area contributed by atoms with Crippen molar-refractivity contribution in [2.24, 2.45) is 0 Å². The number of aromatic nitrogens is 2. The van der Waals surface area contributed by atoms with Crippen molar-refractivity contribution in [3.8, 4) is 22.8 Å². The van der Waals surface area contributed by atoms with Gasteiger partial charge in [0.25, 0.3) is 0 Å². The van der Waals surface area contributed by atoms with Crippen LogP contribution in [-0.4, -0.2) is 31.7 Å². The van der Waals surface area contributed by atoms with Crippen LogP contribution in [0.15, 0.2) is 23.1 Å². The number of nitrogen functional groups attached to an aromatic ring is 1. The second kappa shape index (κ2) is 3.89. The minimum absolute atomic E-state index is 0.00637. The molecule has 0 saturated carbocycles. The van der Waals surface area contributed by atoms with Crippen molar-refractivity contribution >= 4 is 15.7 Å². The highest BCUT2D eigenvalue weighted by Gasteiger charge is 2.28. The monoisotopic (exact) mass is 281 g/mol. The predicted molar refractivity (Wildman–Crippen MR) is 67.7 cm³/mol. The summed E-state index contributed by atoms with van der Waals surface area (Å²) in [6.07, 6.45) is 1.12. The van der Waals surface area contributed by atoms with Crippen LogP contribution < -0.4 is 15.2 Å². The average Bonchev–Trinajstić information content (AvgIpc) is 2.93. The maximum atomic E-state index is 12.0. The number of ether oxygens (including phenoxy) is 2. The molecule has 2 heterocycles. The molecule has 8 heteroatoms. The molecule has 1 aromatic heterocycles. The van der Waals surface area contributed by atoms with Crippen LogP contribution in [-0.2, 0) is 9.84 Å². The fourth-order valence-electron chi connectivity index (χ4n) is 2.00. The fraction of sp³-hybridized carbons (Fsp3) is 0.182. The van der Waals surface area contributed by atoms with Gasteiger partial charge in [-0.2, -0.15) is 5.10 Å². The van der Waals surface area contributed by atoms with E-state index in [2.05, 4.69) is 10.2 Å². The van der Waals surface area contributed by atoms with Gasteiger partial charge in [-0.15, -0.1) is 0 Å². The molecule has 3 rings (SSSR count). The van der Waals surface area contributed by atoms with Gasteiger partial charge in [-0.3, -0.25) is 5.10 Å². The van der Waals surface area contributed by atoms with Gasteiger partial charge in [-0.05, 0) is 12.1 Å². The minimum atomic E-state index is -3.49. The highest BCUT2D eigenvalue weighted by molar-refractivity contribution is 7.91. The molecule has 3 N–H and O–H groups in total. The first-order valence-corrected chi connectivity index (χ1v) is 7.30. The molecule has 0 spiro atoms. The minimum Gasteiger partial charge on any atom is -0.454 e. The summed E-state index contributed by atoms with van der Waals surface area (Å²) in [4.78, 5) is 0.0751. The topological polar surface area (TPSA) is 107 Å². The molecule has 0 bridgehead atoms. The summed E-state index contributed by atoms with van der Waals surface area (Å²) >= 11 is 0. The molecule has 1 aromatic carbocycles. The normalized spacial score (nSPS) is 13.7. The Hall–Kier alpha value is -2.22. The van der Waals surface area contributed by atoms with Crippen molar-refractivity contribution in [3.63, 3.8) is 0 Å². The van der Waals surface area contributed by atoms with Gasteiger partial charge in [0.1, 0.15) is 10.7 Å². The number of hydrogen-bond donors (Lipinski definition) is 2. The van der Waals surface area contributed by atoms with Crippen LogP contribution in [0.25, 0.3) is 11.3 Å². The summed E-state index contributed by atoms with van der Waals surface area (Å²) in [5.74, 6) is 0.928. The number of H-pyrrole nitrogens is 1. The molecule has 0 amide bonds. The number of sulfone groups is 1. The summed E-state index contributed by atoms with van der Waals surface area (Å²) in [7, 11) is -3.49. The van der Waals surface area contributed by atoms with Crippen LogP contribution in [0.1, 0.15) is 0 Å². The molecule has 100 valence electrons. The standard InChI is InChI=1S/C11H11N3O4S/c1-19(15,16)11-6(7-4-9(12)14-13-7)2-3-8-10(11)18-5-17-8/h2-4H,5H2,1H3,(H3,12,13,14). The van der Waals surface area contributed by atoms with E-state index < -0.39 is 9.84 Å². The molecule has 0 fully saturated rings. The summed E-state index contributed by atoms with van der Waals surface area (Å²) in [5, 5.41) is 6.49. The van der Waals surface area contributed by atoms with Crippen molar-refractivity contribution in [1.82, 2.24) is 10.2 Å². The Balaban J connectivity index is 2.32. The molecule has 0 unspecified atom stereocenters. The molecule has 19 heavy (non-hydrogen) atoms. The molecule has 1 aliphatic rings. The second-order valence-corrected chi connectivity index (χ2v) is 6.11. The van der Waals surface area contributed by atoms with Crippen LogP contribution in [0.5, 0.6) is 11.5 Å². The molecule has 1 aliphatic heterocycles. The molecule has 7 nitrogen and oxygen atoms in total. The third kappa shape index (κ3) is 1.89. The maximum Gasteiger partial charge on any atom is 0.231 e. The Morgan fingerprint density at radius 1 is 1.37 bits per heavy atom. The molecule has 0 saturated heterocycles. The quantitative estimate of drug-likeness (QED) is 0.842. The first-order chi connectivity index (χ1) is 8.97. The lowest BCUT2D eigenvalue weighted by Crippen LogP contribution is -2.02. The summed E-state index contributed by atoms with van der Waals surface area (Å²) in [6.45, 7) is 0.00637. The van der Waals surface area contributed by atoms with Crippen LogP contribution in [0.3, 0.4) is 0 Å². The predicted octanol–water partition coefficient (Wildman–Crippen LogP) is 0.791. The molecule has 0 radical (unpaired) electrons. The second-order valence-electron chi connectivity index (χ2n) is 4.15. The number of rotatable bonds is 2. The molecular formula is C11H11N3O4S. The first kappa shape index (κ1) is 11.8. The Morgan fingerprint density at radius 2 is 2.16 bits per heavy atom. The zero-order chi connectivity index (χ0) is 13.6. The van der Waals surface area contributed by atoms with E-state index >= 15 is 0 Å². The van der Waals surface area contributed by atoms with Gasteiger partial charge in [0.2, 0.25) is 6.79 Å². The Morgan fingerprint density at radius 3 is 2.79 bits per heavy atom. The van der Waals surface area contributed by atoms with Gasteiger partial charge in [-0.1, -0.05) is 0 Å². The number of aromatic amines is 1. The van der Waals surface area contributed by atoms with Crippen molar-refractivity contribution in [2.75, 3.05) is 18.8 Å². The first-order valence-electron chi connectivity index (χ1n) is 5.41. The number of benzene rings is 1. The van der Waals surface area contributed by atoms with Gasteiger partial charge in [-0.25, -0.2) is 8.42 Å². The number of hydrogen-bond acceptors (Lipinski definition) is 6. The average molecular weight is 281 g/mol. The van der Waals surface area contributed by atoms with Crippen molar-refractivity contribution < 1.29 is 17.9 Å². The Labute approximate surface area is 109 Å². The number of nitrogens with two attached hydrogens (primary N) is 1. The molecule has 0 aliphatic carbocycles. The van der Waals surface area contributed by atoms with Crippen LogP contribution in [0.4, 0.5) is 5.82 Å². The van der Waals surface area contributed by atoms with Crippen molar-refractivity contribution in [1.29, 1.82) is 0 Å². The smallest absolute Gasteiger partial charge is 0.231 e. The highest BCUT2D eigenvalue weighted by atomic mass is 32.2. The third-order valence-corrected chi connectivity index (χ3v) is 3.90. The number of anilines is 1. The van der Waals surface area contributed by atoms with E-state index in [9.17, 15) is 8.42 Å². The largest absolute Gasteiger partial charge is 0.454 e. The van der Waals surface area contributed by atoms with E-state index in [-0.39, 0.29) is 23.3 Å². The van der Waals surface area contributed by atoms with Crippen LogP contribution in [0.2, 0.25) is 0 Å². The van der Waals surface area contributed by atoms with Gasteiger partial charge in [0, 0.05) is 17.9 Å². The lowest BCUT2D eigenvalue weighted by atomic mass is 10.1. The van der Waals surface area contributed by atoms with Crippen molar-refractivity contribution in [2.45, 2.75) is 4.90 Å². The maximum absolute atomic E-state index is 12.0. The zero-order valence-corrected chi connectivity index (χ0v) is 10.8. The number of nitrogens with one attached hydrogen (secondary N) is 1. The van der Waals surface area contributed by atoms with E-state index in [4.69, 9.17) is 15.2 Å². The Bertz CT molecular complexity index is 751. The Kier molecular flexibility index (Phi) is 2.42. The third-order valence-electron chi connectivity index (χ3n) is 2.75. The number of nitrogens with zero attached hydrogens (tertiary/aromatic N) is 1. The van der Waals surface area contributed by atoms with Gasteiger partial charge in [0.15, 0.2) is 21.3 Å². The van der Waals surface area contributed by atoms with E-state index in [0.717, 1.165) is 6.26 Å². The lowest BCUT2D eigenvalue weighted by Gasteiger charge is -2.09. The van der Waals surface area contributed by atoms with Gasteiger partial charge < -0.3 is 15.2 Å². The van der Waals surface area contributed by atoms with Crippen molar-refractivity contribution in [3.05, 3.63) is 18.2 Å². The van der Waals surface area contributed by atoms with E-state index in [0.29, 0.717) is 17.0 Å². The molecule has 0 atom stereocenters. The SMILES string of the molecule is CS(=O)(=O)c1c(-c2cc(N)n[nH]2)ccc2c1OCO2. The van der Waals surface area contributed by atoms with Crippen LogP contribution in [0, 0.1) is 0 Å². The van der Waals surface area contributed by atoms with Gasteiger partial charge >= 0.3 is 0 Å². The zero-order valence-electron chi connectivity index (χ0n) is 10.0. The van der Waals surface area contributed by atoms with Crippen LogP contribution >= 0.6 is 0 Å². The summed E-state index contributed by atoms with van der Waals surface area (Å²) in [6, 6.07) is 4.85. The summed E-state index contributed by atoms with van der Waals surface area (Å²) in [5.41, 5.74) is 6.51. The highest BCUT2D eigenvalue weighted by Crippen LogP contribution is 2.43.